The van der Waals surface area contributed by atoms with Gasteiger partial charge in [0, 0.05) is 12.4 Å². The van der Waals surface area contributed by atoms with Crippen LogP contribution in [0.3, 0.4) is 0 Å². The number of hydrogen-bond donors (Lipinski definition) is 0. The van der Waals surface area contributed by atoms with Crippen molar-refractivity contribution in [2.75, 3.05) is 0 Å². The third kappa shape index (κ3) is 1.84. The van der Waals surface area contributed by atoms with E-state index in [4.69, 9.17) is 0 Å². The van der Waals surface area contributed by atoms with Gasteiger partial charge < -0.3 is 0 Å². The molecule has 1 aromatic carbocycles. The largest absolute Gasteiger partial charge is 0.268 e. The molecule has 0 aliphatic carbocycles. The second-order valence-corrected chi connectivity index (χ2v) is 3.62. The fraction of sp³-hybridized carbons (Fsp3) is 0.250. The van der Waals surface area contributed by atoms with Crippen LogP contribution in [0.4, 0.5) is 0 Å². The van der Waals surface area contributed by atoms with E-state index in [1.165, 1.54) is 16.7 Å². The Morgan fingerprint density at radius 2 is 2.07 bits per heavy atom. The van der Waals surface area contributed by atoms with E-state index in [1.54, 1.807) is 6.20 Å². The summed E-state index contributed by atoms with van der Waals surface area (Å²) in [6, 6.07) is 8.48. The van der Waals surface area contributed by atoms with E-state index in [-0.39, 0.29) is 0 Å². The van der Waals surface area contributed by atoms with E-state index in [9.17, 15) is 0 Å². The highest BCUT2D eigenvalue weighted by Crippen LogP contribution is 2.10. The van der Waals surface area contributed by atoms with E-state index in [0.717, 1.165) is 6.54 Å². The number of benzene rings is 1. The summed E-state index contributed by atoms with van der Waals surface area (Å²) in [5.41, 5.74) is 3.99. The third-order valence-electron chi connectivity index (χ3n) is 2.48. The van der Waals surface area contributed by atoms with Crippen LogP contribution in [-0.4, -0.2) is 9.78 Å². The highest BCUT2D eigenvalue weighted by Gasteiger charge is 1.97. The van der Waals surface area contributed by atoms with Crippen molar-refractivity contribution in [1.29, 1.82) is 0 Å². The van der Waals surface area contributed by atoms with Crippen molar-refractivity contribution in [3.8, 4) is 0 Å². The average molecular weight is 186 g/mol. The minimum atomic E-state index is 0.855. The first-order valence-corrected chi connectivity index (χ1v) is 4.79. The van der Waals surface area contributed by atoms with Crippen molar-refractivity contribution < 1.29 is 0 Å². The zero-order chi connectivity index (χ0) is 9.97. The lowest BCUT2D eigenvalue weighted by molar-refractivity contribution is 0.686. The third-order valence-corrected chi connectivity index (χ3v) is 2.48. The molecular weight excluding hydrogens is 172 g/mol. The SMILES string of the molecule is Cc1ccc(Cn2cccn2)cc1C. The van der Waals surface area contributed by atoms with Crippen LogP contribution in [0.2, 0.25) is 0 Å². The predicted octanol–water partition coefficient (Wildman–Crippen LogP) is 2.55. The molecule has 2 aromatic rings. The Morgan fingerprint density at radius 3 is 2.71 bits per heavy atom. The molecule has 0 saturated carbocycles. The van der Waals surface area contributed by atoms with Gasteiger partial charge in [0.15, 0.2) is 0 Å². The van der Waals surface area contributed by atoms with E-state index in [2.05, 4.69) is 37.1 Å². The molecule has 14 heavy (non-hydrogen) atoms. The van der Waals surface area contributed by atoms with Crippen molar-refractivity contribution in [2.45, 2.75) is 20.4 Å². The van der Waals surface area contributed by atoms with Crippen LogP contribution >= 0.6 is 0 Å². The monoisotopic (exact) mass is 186 g/mol. The van der Waals surface area contributed by atoms with Crippen LogP contribution in [0, 0.1) is 13.8 Å². The maximum Gasteiger partial charge on any atom is 0.0659 e. The van der Waals surface area contributed by atoms with Gasteiger partial charge in [0.05, 0.1) is 6.54 Å². The molecule has 0 unspecified atom stereocenters. The fourth-order valence-corrected chi connectivity index (χ4v) is 1.48. The molecule has 0 radical (unpaired) electrons. The number of hydrogen-bond acceptors (Lipinski definition) is 1. The number of aryl methyl sites for hydroxylation is 2. The van der Waals surface area contributed by atoms with Crippen LogP contribution in [0.25, 0.3) is 0 Å². The molecule has 72 valence electrons. The fourth-order valence-electron chi connectivity index (χ4n) is 1.48. The molecule has 0 saturated heterocycles. The molecule has 0 bridgehead atoms. The van der Waals surface area contributed by atoms with Gasteiger partial charge >= 0.3 is 0 Å². The van der Waals surface area contributed by atoms with Crippen molar-refractivity contribution in [2.24, 2.45) is 0 Å². The Hall–Kier alpha value is -1.57. The van der Waals surface area contributed by atoms with Crippen molar-refractivity contribution in [3.05, 3.63) is 53.3 Å². The number of aromatic nitrogens is 2. The van der Waals surface area contributed by atoms with Crippen molar-refractivity contribution in [3.63, 3.8) is 0 Å². The van der Waals surface area contributed by atoms with Gasteiger partial charge in [-0.2, -0.15) is 5.10 Å². The Balaban J connectivity index is 2.22. The maximum atomic E-state index is 4.18. The molecule has 0 aliphatic rings. The highest BCUT2D eigenvalue weighted by molar-refractivity contribution is 5.29. The molecule has 0 atom stereocenters. The summed E-state index contributed by atoms with van der Waals surface area (Å²) in [5, 5.41) is 4.18. The standard InChI is InChI=1S/C12H14N2/c1-10-4-5-12(8-11(10)2)9-14-7-3-6-13-14/h3-8H,9H2,1-2H3. The lowest BCUT2D eigenvalue weighted by Gasteiger charge is -2.05. The quantitative estimate of drug-likeness (QED) is 0.704. The summed E-state index contributed by atoms with van der Waals surface area (Å²) in [6.07, 6.45) is 3.79. The maximum absolute atomic E-state index is 4.18. The molecule has 0 fully saturated rings. The zero-order valence-electron chi connectivity index (χ0n) is 8.57. The normalized spacial score (nSPS) is 10.4. The van der Waals surface area contributed by atoms with Gasteiger partial charge in [-0.05, 0) is 36.6 Å². The van der Waals surface area contributed by atoms with E-state index < -0.39 is 0 Å². The molecule has 0 N–H and O–H groups in total. The van der Waals surface area contributed by atoms with E-state index >= 15 is 0 Å². The first kappa shape index (κ1) is 9.00. The minimum Gasteiger partial charge on any atom is -0.268 e. The van der Waals surface area contributed by atoms with Crippen molar-refractivity contribution >= 4 is 0 Å². The van der Waals surface area contributed by atoms with Gasteiger partial charge in [0.25, 0.3) is 0 Å². The van der Waals surface area contributed by atoms with Gasteiger partial charge in [-0.25, -0.2) is 0 Å². The first-order valence-electron chi connectivity index (χ1n) is 4.79. The van der Waals surface area contributed by atoms with Gasteiger partial charge in [-0.1, -0.05) is 18.2 Å². The minimum absolute atomic E-state index is 0.855. The smallest absolute Gasteiger partial charge is 0.0659 e. The molecule has 2 heteroatoms. The molecule has 2 nitrogen and oxygen atoms in total. The second kappa shape index (κ2) is 3.66. The summed E-state index contributed by atoms with van der Waals surface area (Å²) in [4.78, 5) is 0. The Bertz CT molecular complexity index is 416. The average Bonchev–Trinajstić information content (AvgIpc) is 2.64. The summed E-state index contributed by atoms with van der Waals surface area (Å²) < 4.78 is 1.93. The molecule has 0 amide bonds. The van der Waals surface area contributed by atoms with E-state index in [1.807, 2.05) is 16.9 Å². The Kier molecular flexibility index (Phi) is 2.35. The summed E-state index contributed by atoms with van der Waals surface area (Å²) >= 11 is 0. The summed E-state index contributed by atoms with van der Waals surface area (Å²) in [7, 11) is 0. The molecule has 1 aromatic heterocycles. The van der Waals surface area contributed by atoms with Crippen LogP contribution in [0.1, 0.15) is 16.7 Å². The molecule has 2 rings (SSSR count). The van der Waals surface area contributed by atoms with Gasteiger partial charge in [0.2, 0.25) is 0 Å². The molecular formula is C12H14N2. The first-order chi connectivity index (χ1) is 6.75. The molecule has 0 spiro atoms. The topological polar surface area (TPSA) is 17.8 Å². The van der Waals surface area contributed by atoms with E-state index in [0.29, 0.717) is 0 Å². The van der Waals surface area contributed by atoms with Gasteiger partial charge in [-0.15, -0.1) is 0 Å². The molecule has 0 aliphatic heterocycles. The van der Waals surface area contributed by atoms with Crippen LogP contribution in [-0.2, 0) is 6.54 Å². The van der Waals surface area contributed by atoms with Gasteiger partial charge in [0.1, 0.15) is 0 Å². The second-order valence-electron chi connectivity index (χ2n) is 3.62. The summed E-state index contributed by atoms with van der Waals surface area (Å²) in [6.45, 7) is 5.13. The number of rotatable bonds is 2. The summed E-state index contributed by atoms with van der Waals surface area (Å²) in [5.74, 6) is 0. The predicted molar refractivity (Wildman–Crippen MR) is 57.2 cm³/mol. The lowest BCUT2D eigenvalue weighted by Crippen LogP contribution is -2.00. The number of nitrogens with zero attached hydrogens (tertiary/aromatic N) is 2. The van der Waals surface area contributed by atoms with Crippen LogP contribution in [0.5, 0.6) is 0 Å². The van der Waals surface area contributed by atoms with Crippen LogP contribution < -0.4 is 0 Å². The van der Waals surface area contributed by atoms with Crippen molar-refractivity contribution in [1.82, 2.24) is 9.78 Å². The molecule has 1 heterocycles. The Labute approximate surface area is 84.2 Å². The lowest BCUT2D eigenvalue weighted by atomic mass is 10.1. The van der Waals surface area contributed by atoms with Crippen LogP contribution in [0.15, 0.2) is 36.7 Å². The zero-order valence-corrected chi connectivity index (χ0v) is 8.57. The highest BCUT2D eigenvalue weighted by atomic mass is 15.3. The van der Waals surface area contributed by atoms with Gasteiger partial charge in [-0.3, -0.25) is 4.68 Å². The Morgan fingerprint density at radius 1 is 1.21 bits per heavy atom.